The van der Waals surface area contributed by atoms with Crippen LogP contribution in [0.2, 0.25) is 0 Å². The summed E-state index contributed by atoms with van der Waals surface area (Å²) in [5, 5.41) is 10.7. The van der Waals surface area contributed by atoms with Crippen molar-refractivity contribution in [3.05, 3.63) is 64.4 Å². The highest BCUT2D eigenvalue weighted by atomic mass is 16.5. The van der Waals surface area contributed by atoms with Crippen LogP contribution >= 0.6 is 0 Å². The van der Waals surface area contributed by atoms with Gasteiger partial charge in [0.25, 0.3) is 11.5 Å². The quantitative estimate of drug-likeness (QED) is 0.469. The molecule has 1 N–H and O–H groups in total. The van der Waals surface area contributed by atoms with Gasteiger partial charge in [0, 0.05) is 5.56 Å². The van der Waals surface area contributed by atoms with Crippen LogP contribution in [0.1, 0.15) is 30.6 Å². The van der Waals surface area contributed by atoms with Crippen LogP contribution in [0.4, 0.5) is 5.69 Å². The number of amides is 1. The Kier molecular flexibility index (Phi) is 6.31. The lowest BCUT2D eigenvalue weighted by atomic mass is 10.1. The fraction of sp³-hybridized carbons (Fsp3) is 0.238. The predicted octanol–water partition coefficient (Wildman–Crippen LogP) is 1.95. The van der Waals surface area contributed by atoms with Crippen molar-refractivity contribution in [1.29, 1.82) is 0 Å². The number of aromatic nitrogens is 3. The zero-order valence-electron chi connectivity index (χ0n) is 16.5. The van der Waals surface area contributed by atoms with Crippen LogP contribution in [0.25, 0.3) is 10.9 Å². The first-order chi connectivity index (χ1) is 14.4. The molecular formula is C21H20N4O5. The zero-order valence-corrected chi connectivity index (χ0v) is 16.5. The molecule has 0 fully saturated rings. The number of hydrogen-bond acceptors (Lipinski definition) is 7. The van der Waals surface area contributed by atoms with E-state index < -0.39 is 18.0 Å². The van der Waals surface area contributed by atoms with Crippen molar-refractivity contribution >= 4 is 34.3 Å². The summed E-state index contributed by atoms with van der Waals surface area (Å²) in [6.07, 6.45) is -1.24. The SMILES string of the molecule is CC(=O)c1ccccc1NC(=O)C(C)OC(=O)CCn1nnc2ccccc2c1=O. The van der Waals surface area contributed by atoms with E-state index in [1.165, 1.54) is 13.8 Å². The first-order valence-corrected chi connectivity index (χ1v) is 9.29. The molecule has 0 aliphatic rings. The molecule has 0 aliphatic carbocycles. The number of hydrogen-bond donors (Lipinski definition) is 1. The van der Waals surface area contributed by atoms with E-state index in [4.69, 9.17) is 4.74 Å². The Morgan fingerprint density at radius 2 is 1.80 bits per heavy atom. The summed E-state index contributed by atoms with van der Waals surface area (Å²) in [5.41, 5.74) is 0.812. The fourth-order valence-electron chi connectivity index (χ4n) is 2.81. The molecule has 3 aromatic rings. The number of carbonyl (C=O) groups is 3. The summed E-state index contributed by atoms with van der Waals surface area (Å²) < 4.78 is 6.22. The van der Waals surface area contributed by atoms with Crippen LogP contribution < -0.4 is 10.9 Å². The third-order valence-corrected chi connectivity index (χ3v) is 4.40. The molecule has 0 saturated heterocycles. The van der Waals surface area contributed by atoms with Crippen molar-refractivity contribution < 1.29 is 19.1 Å². The van der Waals surface area contributed by atoms with Crippen LogP contribution in [0.5, 0.6) is 0 Å². The second kappa shape index (κ2) is 9.08. The number of aryl methyl sites for hydroxylation is 1. The van der Waals surface area contributed by atoms with Gasteiger partial charge in [0.2, 0.25) is 0 Å². The smallest absolute Gasteiger partial charge is 0.308 e. The number of ketones is 1. The normalized spacial score (nSPS) is 11.7. The molecule has 30 heavy (non-hydrogen) atoms. The molecule has 1 aromatic heterocycles. The van der Waals surface area contributed by atoms with Crippen LogP contribution in [-0.2, 0) is 20.9 Å². The summed E-state index contributed by atoms with van der Waals surface area (Å²) in [4.78, 5) is 48.5. The lowest BCUT2D eigenvalue weighted by molar-refractivity contribution is -0.153. The molecule has 3 rings (SSSR count). The third-order valence-electron chi connectivity index (χ3n) is 4.40. The molecule has 0 bridgehead atoms. The number of para-hydroxylation sites is 1. The van der Waals surface area contributed by atoms with E-state index in [2.05, 4.69) is 15.6 Å². The number of benzene rings is 2. The number of carbonyl (C=O) groups excluding carboxylic acids is 3. The monoisotopic (exact) mass is 408 g/mol. The van der Waals surface area contributed by atoms with E-state index in [0.29, 0.717) is 22.2 Å². The van der Waals surface area contributed by atoms with Gasteiger partial charge < -0.3 is 10.1 Å². The van der Waals surface area contributed by atoms with Crippen LogP contribution in [0.15, 0.2) is 53.3 Å². The standard InChI is InChI=1S/C21H20N4O5/c1-13(26)15-7-3-5-9-17(15)22-20(28)14(2)30-19(27)11-12-25-21(29)16-8-4-6-10-18(16)23-24-25/h3-10,14H,11-12H2,1-2H3,(H,22,28). The molecule has 0 aliphatic heterocycles. The number of Topliss-reactive ketones (excluding diaryl/α,β-unsaturated/α-hetero) is 1. The Balaban J connectivity index is 1.58. The van der Waals surface area contributed by atoms with Gasteiger partial charge in [-0.15, -0.1) is 5.10 Å². The summed E-state index contributed by atoms with van der Waals surface area (Å²) in [6.45, 7) is 2.79. The molecule has 9 nitrogen and oxygen atoms in total. The molecule has 9 heteroatoms. The third kappa shape index (κ3) is 4.75. The van der Waals surface area contributed by atoms with Crippen molar-refractivity contribution in [3.63, 3.8) is 0 Å². The summed E-state index contributed by atoms with van der Waals surface area (Å²) in [5.74, 6) is -1.43. The Morgan fingerprint density at radius 3 is 2.57 bits per heavy atom. The highest BCUT2D eigenvalue weighted by Gasteiger charge is 2.20. The number of ether oxygens (including phenoxy) is 1. The second-order valence-corrected chi connectivity index (χ2v) is 6.61. The molecule has 0 radical (unpaired) electrons. The fourth-order valence-corrected chi connectivity index (χ4v) is 2.81. The van der Waals surface area contributed by atoms with Gasteiger partial charge in [-0.3, -0.25) is 19.2 Å². The van der Waals surface area contributed by atoms with Crippen LogP contribution in [-0.4, -0.2) is 38.8 Å². The molecule has 2 aromatic carbocycles. The molecule has 0 saturated carbocycles. The Morgan fingerprint density at radius 1 is 1.10 bits per heavy atom. The molecule has 1 heterocycles. The second-order valence-electron chi connectivity index (χ2n) is 6.61. The Labute approximate surface area is 171 Å². The summed E-state index contributed by atoms with van der Waals surface area (Å²) in [6, 6.07) is 13.3. The van der Waals surface area contributed by atoms with E-state index in [1.807, 2.05) is 0 Å². The van der Waals surface area contributed by atoms with E-state index in [0.717, 1.165) is 4.68 Å². The largest absolute Gasteiger partial charge is 0.452 e. The van der Waals surface area contributed by atoms with E-state index in [9.17, 15) is 19.2 Å². The zero-order chi connectivity index (χ0) is 21.7. The van der Waals surface area contributed by atoms with E-state index >= 15 is 0 Å². The first kappa shape index (κ1) is 20.8. The van der Waals surface area contributed by atoms with Crippen molar-refractivity contribution in [3.8, 4) is 0 Å². The molecular weight excluding hydrogens is 388 g/mol. The maximum Gasteiger partial charge on any atom is 0.308 e. The van der Waals surface area contributed by atoms with Gasteiger partial charge in [-0.25, -0.2) is 4.68 Å². The Hall–Kier alpha value is -3.88. The molecule has 1 unspecified atom stereocenters. The highest BCUT2D eigenvalue weighted by Crippen LogP contribution is 2.16. The lowest BCUT2D eigenvalue weighted by Gasteiger charge is -2.15. The summed E-state index contributed by atoms with van der Waals surface area (Å²) >= 11 is 0. The number of rotatable bonds is 7. The first-order valence-electron chi connectivity index (χ1n) is 9.29. The van der Waals surface area contributed by atoms with Gasteiger partial charge in [0.15, 0.2) is 11.9 Å². The van der Waals surface area contributed by atoms with Gasteiger partial charge in [0.1, 0.15) is 5.52 Å². The average Bonchev–Trinajstić information content (AvgIpc) is 2.73. The number of fused-ring (bicyclic) bond motifs is 1. The van der Waals surface area contributed by atoms with Crippen molar-refractivity contribution in [2.24, 2.45) is 0 Å². The molecule has 1 amide bonds. The van der Waals surface area contributed by atoms with Gasteiger partial charge >= 0.3 is 5.97 Å². The maximum atomic E-state index is 12.4. The van der Waals surface area contributed by atoms with Crippen molar-refractivity contribution in [1.82, 2.24) is 15.0 Å². The maximum absolute atomic E-state index is 12.4. The van der Waals surface area contributed by atoms with E-state index in [1.54, 1.807) is 48.5 Å². The number of nitrogens with zero attached hydrogens (tertiary/aromatic N) is 3. The molecule has 0 spiro atoms. The predicted molar refractivity (Wildman–Crippen MR) is 109 cm³/mol. The van der Waals surface area contributed by atoms with Crippen molar-refractivity contribution in [2.45, 2.75) is 32.9 Å². The van der Waals surface area contributed by atoms with Crippen LogP contribution in [0, 0.1) is 0 Å². The van der Waals surface area contributed by atoms with Gasteiger partial charge in [0.05, 0.1) is 24.0 Å². The average molecular weight is 408 g/mol. The number of anilines is 1. The van der Waals surface area contributed by atoms with Gasteiger partial charge in [-0.1, -0.05) is 29.5 Å². The van der Waals surface area contributed by atoms with E-state index in [-0.39, 0.29) is 24.3 Å². The van der Waals surface area contributed by atoms with Gasteiger partial charge in [-0.2, -0.15) is 0 Å². The lowest BCUT2D eigenvalue weighted by Crippen LogP contribution is -2.31. The highest BCUT2D eigenvalue weighted by molar-refractivity contribution is 6.04. The minimum Gasteiger partial charge on any atom is -0.452 e. The molecule has 1 atom stereocenters. The van der Waals surface area contributed by atoms with Gasteiger partial charge in [-0.05, 0) is 38.1 Å². The Bertz CT molecular complexity index is 1170. The summed E-state index contributed by atoms with van der Waals surface area (Å²) in [7, 11) is 0. The van der Waals surface area contributed by atoms with Crippen LogP contribution in [0.3, 0.4) is 0 Å². The topological polar surface area (TPSA) is 120 Å². The van der Waals surface area contributed by atoms with Crippen molar-refractivity contribution in [2.75, 3.05) is 5.32 Å². The molecule has 154 valence electrons. The minimum absolute atomic E-state index is 0.0307. The number of nitrogens with one attached hydrogen (secondary N) is 1. The minimum atomic E-state index is -1.09. The number of esters is 1.